The Hall–Kier alpha value is -3.39. The minimum Gasteiger partial charge on any atom is -0.481 e. The number of hydrogen-bond donors (Lipinski definition) is 3. The third-order valence-corrected chi connectivity index (χ3v) is 6.40. The number of alkyl carbamates (subject to hydrolysis) is 1. The molecule has 3 rings (SSSR count). The SMILES string of the molecule is CCC(CNC(=O)C(CCCOC)NC(=O)OCC1c2ccccc2-c2ccccc21)CC(=O)O. The molecule has 2 amide bonds. The standard InChI is InChI=1S/C27H34N2O6/c1-3-18(15-25(30)31)16-28-26(32)24(13-8-14-34-2)29-27(33)35-17-23-21-11-6-4-9-19(21)20-10-5-7-12-22(20)23/h4-7,9-12,18,23-24H,3,8,13-17H2,1-2H3,(H,28,32)(H,29,33)(H,30,31). The van der Waals surface area contributed by atoms with Crippen molar-refractivity contribution in [2.75, 3.05) is 26.9 Å². The van der Waals surface area contributed by atoms with E-state index in [2.05, 4.69) is 22.8 Å². The van der Waals surface area contributed by atoms with Crippen LogP contribution in [0.1, 0.15) is 49.7 Å². The second kappa shape index (κ2) is 12.9. The second-order valence-electron chi connectivity index (χ2n) is 8.77. The average molecular weight is 483 g/mol. The third kappa shape index (κ3) is 7.05. The van der Waals surface area contributed by atoms with E-state index in [0.29, 0.717) is 25.9 Å². The molecule has 2 aromatic rings. The molecule has 2 aromatic carbocycles. The van der Waals surface area contributed by atoms with Crippen molar-refractivity contribution in [3.05, 3.63) is 59.7 Å². The normalized spacial score (nSPS) is 13.9. The van der Waals surface area contributed by atoms with Crippen LogP contribution in [0.5, 0.6) is 0 Å². The fourth-order valence-electron chi connectivity index (χ4n) is 4.46. The lowest BCUT2D eigenvalue weighted by molar-refractivity contribution is -0.138. The summed E-state index contributed by atoms with van der Waals surface area (Å²) in [5, 5.41) is 14.5. The van der Waals surface area contributed by atoms with Gasteiger partial charge < -0.3 is 25.2 Å². The smallest absolute Gasteiger partial charge is 0.407 e. The van der Waals surface area contributed by atoms with Crippen molar-refractivity contribution in [1.82, 2.24) is 10.6 Å². The van der Waals surface area contributed by atoms with E-state index >= 15 is 0 Å². The number of carbonyl (C=O) groups excluding carboxylic acids is 2. The summed E-state index contributed by atoms with van der Waals surface area (Å²) in [4.78, 5) is 36.5. The fourth-order valence-corrected chi connectivity index (χ4v) is 4.46. The van der Waals surface area contributed by atoms with E-state index in [0.717, 1.165) is 22.3 Å². The topological polar surface area (TPSA) is 114 Å². The molecular weight excluding hydrogens is 448 g/mol. The molecule has 8 nitrogen and oxygen atoms in total. The van der Waals surface area contributed by atoms with E-state index in [4.69, 9.17) is 14.6 Å². The molecule has 3 N–H and O–H groups in total. The molecule has 0 saturated heterocycles. The van der Waals surface area contributed by atoms with Gasteiger partial charge in [0, 0.05) is 32.6 Å². The largest absolute Gasteiger partial charge is 0.481 e. The minimum absolute atomic E-state index is 0.0229. The number of carboxylic acids is 1. The molecule has 8 heteroatoms. The Kier molecular flexibility index (Phi) is 9.66. The highest BCUT2D eigenvalue weighted by molar-refractivity contribution is 5.85. The van der Waals surface area contributed by atoms with Crippen molar-refractivity contribution in [1.29, 1.82) is 0 Å². The molecule has 0 aromatic heterocycles. The van der Waals surface area contributed by atoms with Gasteiger partial charge in [-0.05, 0) is 41.0 Å². The molecule has 0 radical (unpaired) electrons. The second-order valence-corrected chi connectivity index (χ2v) is 8.77. The summed E-state index contributed by atoms with van der Waals surface area (Å²) >= 11 is 0. The van der Waals surface area contributed by atoms with Crippen LogP contribution in [0, 0.1) is 5.92 Å². The van der Waals surface area contributed by atoms with Crippen molar-refractivity contribution in [2.45, 2.75) is 44.6 Å². The highest BCUT2D eigenvalue weighted by Crippen LogP contribution is 2.44. The summed E-state index contributed by atoms with van der Waals surface area (Å²) in [7, 11) is 1.58. The Morgan fingerprint density at radius 1 is 1.03 bits per heavy atom. The molecular formula is C27H34N2O6. The van der Waals surface area contributed by atoms with Crippen molar-refractivity contribution >= 4 is 18.0 Å². The van der Waals surface area contributed by atoms with E-state index in [1.807, 2.05) is 43.3 Å². The van der Waals surface area contributed by atoms with Crippen LogP contribution < -0.4 is 10.6 Å². The van der Waals surface area contributed by atoms with Gasteiger partial charge in [0.2, 0.25) is 5.91 Å². The van der Waals surface area contributed by atoms with Gasteiger partial charge in [0.15, 0.2) is 0 Å². The molecule has 0 fully saturated rings. The van der Waals surface area contributed by atoms with Crippen molar-refractivity contribution in [3.63, 3.8) is 0 Å². The first-order chi connectivity index (χ1) is 16.9. The number of nitrogens with one attached hydrogen (secondary N) is 2. The molecule has 0 heterocycles. The van der Waals surface area contributed by atoms with Crippen LogP contribution in [0.4, 0.5) is 4.79 Å². The fraction of sp³-hybridized carbons (Fsp3) is 0.444. The number of ether oxygens (including phenoxy) is 2. The number of hydrogen-bond acceptors (Lipinski definition) is 5. The van der Waals surface area contributed by atoms with Gasteiger partial charge in [-0.25, -0.2) is 4.79 Å². The van der Waals surface area contributed by atoms with Crippen LogP contribution >= 0.6 is 0 Å². The number of benzene rings is 2. The van der Waals surface area contributed by atoms with E-state index in [1.54, 1.807) is 7.11 Å². The van der Waals surface area contributed by atoms with Gasteiger partial charge in [-0.3, -0.25) is 9.59 Å². The summed E-state index contributed by atoms with van der Waals surface area (Å²) in [6, 6.07) is 15.4. The van der Waals surface area contributed by atoms with Gasteiger partial charge in [-0.15, -0.1) is 0 Å². The number of carbonyl (C=O) groups is 3. The summed E-state index contributed by atoms with van der Waals surface area (Å²) in [5.74, 6) is -1.52. The number of amides is 2. The maximum Gasteiger partial charge on any atom is 0.407 e. The van der Waals surface area contributed by atoms with E-state index in [9.17, 15) is 14.4 Å². The van der Waals surface area contributed by atoms with E-state index < -0.39 is 18.1 Å². The molecule has 2 atom stereocenters. The first-order valence-corrected chi connectivity index (χ1v) is 12.0. The number of rotatable bonds is 13. The summed E-state index contributed by atoms with van der Waals surface area (Å²) < 4.78 is 10.7. The maximum absolute atomic E-state index is 12.8. The zero-order valence-corrected chi connectivity index (χ0v) is 20.3. The maximum atomic E-state index is 12.8. The van der Waals surface area contributed by atoms with Gasteiger partial charge >= 0.3 is 12.1 Å². The van der Waals surface area contributed by atoms with Crippen LogP contribution in [0.3, 0.4) is 0 Å². The predicted octanol–water partition coefficient (Wildman–Crippen LogP) is 3.94. The molecule has 2 unspecified atom stereocenters. The van der Waals surface area contributed by atoms with E-state index in [1.165, 1.54) is 0 Å². The van der Waals surface area contributed by atoms with Gasteiger partial charge in [-0.1, -0.05) is 61.9 Å². The number of methoxy groups -OCH3 is 1. The van der Waals surface area contributed by atoms with Crippen LogP contribution in [0.25, 0.3) is 11.1 Å². The molecule has 0 saturated carbocycles. The van der Waals surface area contributed by atoms with Crippen molar-refractivity contribution in [3.8, 4) is 11.1 Å². The first-order valence-electron chi connectivity index (χ1n) is 12.0. The summed E-state index contributed by atoms with van der Waals surface area (Å²) in [6.45, 7) is 2.72. The zero-order valence-electron chi connectivity index (χ0n) is 20.3. The Morgan fingerprint density at radius 3 is 2.23 bits per heavy atom. The quantitative estimate of drug-likeness (QED) is 0.373. The number of aliphatic carboxylic acids is 1. The summed E-state index contributed by atoms with van der Waals surface area (Å²) in [5.41, 5.74) is 4.50. The Labute approximate surface area is 206 Å². The molecule has 0 aliphatic heterocycles. The highest BCUT2D eigenvalue weighted by atomic mass is 16.5. The lowest BCUT2D eigenvalue weighted by atomic mass is 9.98. The average Bonchev–Trinajstić information content (AvgIpc) is 3.18. The lowest BCUT2D eigenvalue weighted by Crippen LogP contribution is -2.48. The lowest BCUT2D eigenvalue weighted by Gasteiger charge is -2.21. The zero-order chi connectivity index (χ0) is 25.2. The molecule has 35 heavy (non-hydrogen) atoms. The summed E-state index contributed by atoms with van der Waals surface area (Å²) in [6.07, 6.45) is 0.887. The Morgan fingerprint density at radius 2 is 1.66 bits per heavy atom. The molecule has 0 bridgehead atoms. The van der Waals surface area contributed by atoms with Crippen LogP contribution in [-0.4, -0.2) is 56.0 Å². The van der Waals surface area contributed by atoms with Gasteiger partial charge in [0.1, 0.15) is 12.6 Å². The molecule has 1 aliphatic carbocycles. The number of carboxylic acid groups (broad SMARTS) is 1. The van der Waals surface area contributed by atoms with Crippen molar-refractivity contribution in [2.24, 2.45) is 5.92 Å². The Balaban J connectivity index is 1.60. The van der Waals surface area contributed by atoms with Crippen LogP contribution in [0.2, 0.25) is 0 Å². The first kappa shape index (κ1) is 26.2. The molecule has 188 valence electrons. The molecule has 1 aliphatic rings. The van der Waals surface area contributed by atoms with Crippen LogP contribution in [-0.2, 0) is 19.1 Å². The molecule has 0 spiro atoms. The number of fused-ring (bicyclic) bond motifs is 3. The highest BCUT2D eigenvalue weighted by Gasteiger charge is 2.30. The predicted molar refractivity (Wildman–Crippen MR) is 132 cm³/mol. The minimum atomic E-state index is -0.903. The van der Waals surface area contributed by atoms with Crippen molar-refractivity contribution < 1.29 is 29.0 Å². The monoisotopic (exact) mass is 482 g/mol. The van der Waals surface area contributed by atoms with Gasteiger partial charge in [0.05, 0.1) is 0 Å². The van der Waals surface area contributed by atoms with Gasteiger partial charge in [-0.2, -0.15) is 0 Å². The Bertz CT molecular complexity index is 979. The third-order valence-electron chi connectivity index (χ3n) is 6.40. The van der Waals surface area contributed by atoms with Crippen LogP contribution in [0.15, 0.2) is 48.5 Å². The van der Waals surface area contributed by atoms with E-state index in [-0.39, 0.29) is 37.3 Å². The van der Waals surface area contributed by atoms with Gasteiger partial charge in [0.25, 0.3) is 0 Å².